The van der Waals surface area contributed by atoms with Crippen molar-refractivity contribution < 1.29 is 19.1 Å². The molecule has 2 aromatic heterocycles. The number of carbonyl (C=O) groups excluding carboxylic acids is 3. The number of ether oxygens (including phenoxy) is 1. The van der Waals surface area contributed by atoms with Crippen LogP contribution >= 0.6 is 23.3 Å². The van der Waals surface area contributed by atoms with Gasteiger partial charge in [0.2, 0.25) is 12.3 Å². The van der Waals surface area contributed by atoms with Crippen LogP contribution in [0, 0.1) is 11.8 Å². The van der Waals surface area contributed by atoms with Crippen LogP contribution in [0.1, 0.15) is 129 Å². The minimum Gasteiger partial charge on any atom is -0.497 e. The number of rotatable bonds is 17. The molecule has 280 valence electrons. The van der Waals surface area contributed by atoms with Crippen LogP contribution < -0.4 is 14.9 Å². The maximum absolute atomic E-state index is 12.2. The molecule has 0 bridgehead atoms. The van der Waals surface area contributed by atoms with E-state index in [-0.39, 0.29) is 23.2 Å². The van der Waals surface area contributed by atoms with Gasteiger partial charge in [-0.1, -0.05) is 65.7 Å². The molecule has 2 saturated carbocycles. The molecule has 3 aliphatic rings. The van der Waals surface area contributed by atoms with Crippen molar-refractivity contribution in [3.63, 3.8) is 0 Å². The molecular formula is C40H58N4O5S2. The average Bonchev–Trinajstić information content (AvgIpc) is 3.96. The van der Waals surface area contributed by atoms with E-state index in [2.05, 4.69) is 35.5 Å². The van der Waals surface area contributed by atoms with Crippen LogP contribution in [0.3, 0.4) is 0 Å². The number of carbonyl (C=O) groups is 3. The van der Waals surface area contributed by atoms with Crippen LogP contribution in [0.4, 0.5) is 0 Å². The summed E-state index contributed by atoms with van der Waals surface area (Å²) in [6.45, 7) is 8.89. The Morgan fingerprint density at radius 1 is 1.10 bits per heavy atom. The third-order valence-electron chi connectivity index (χ3n) is 9.92. The lowest BCUT2D eigenvalue weighted by atomic mass is 10.1. The molecule has 0 radical (unpaired) electrons. The fraction of sp³-hybridized carbons (Fsp3) is 0.625. The molecule has 2 N–H and O–H groups in total. The first-order valence-corrected chi connectivity index (χ1v) is 20.7. The molecule has 51 heavy (non-hydrogen) atoms. The number of ketones is 1. The standard InChI is InChI=1S/C20H35NO2.C16H16N2O2S.C4H7NOS/c1-3-10-17-15-18(17)11-7-5-4-6-8-13-20(23)21-14-9-12-19(21)16(2)22;1-9(2)14-8-21-16(18-14)13-7-15(19)11-5-4-10(20-3)6-12(11)17-13;6-3-5-7-4-1-2-4/h17-19H,3-15H2,1-2H3;4-9H,1-3H3,(H,17,19);3-4H,1-2H2,(H,5,6)/t17?,18-,19+;;/m1../s1. The molecule has 1 aliphatic heterocycles. The number of nitrogens with zero attached hydrogens (tertiary/aromatic N) is 2. The number of H-pyrrole nitrogens is 1. The Bertz CT molecular complexity index is 1620. The summed E-state index contributed by atoms with van der Waals surface area (Å²) >= 11 is 3.07. The molecule has 3 atom stereocenters. The summed E-state index contributed by atoms with van der Waals surface area (Å²) < 4.78 is 7.75. The van der Waals surface area contributed by atoms with Crippen LogP contribution in [0.2, 0.25) is 0 Å². The van der Waals surface area contributed by atoms with Crippen molar-refractivity contribution in [1.29, 1.82) is 0 Å². The molecular weight excluding hydrogens is 681 g/mol. The maximum atomic E-state index is 12.2. The van der Waals surface area contributed by atoms with Crippen molar-refractivity contribution >= 4 is 52.3 Å². The Morgan fingerprint density at radius 3 is 2.51 bits per heavy atom. The fourth-order valence-electron chi connectivity index (χ4n) is 6.69. The van der Waals surface area contributed by atoms with E-state index >= 15 is 0 Å². The highest BCUT2D eigenvalue weighted by Gasteiger charge is 2.34. The van der Waals surface area contributed by atoms with Crippen LogP contribution in [-0.2, 0) is 14.4 Å². The largest absolute Gasteiger partial charge is 0.497 e. The van der Waals surface area contributed by atoms with Crippen molar-refractivity contribution in [3.05, 3.63) is 45.6 Å². The lowest BCUT2D eigenvalue weighted by Gasteiger charge is -2.22. The van der Waals surface area contributed by atoms with Gasteiger partial charge < -0.3 is 19.3 Å². The highest BCUT2D eigenvalue weighted by molar-refractivity contribution is 7.98. The second kappa shape index (κ2) is 20.8. The van der Waals surface area contributed by atoms with E-state index in [0.29, 0.717) is 17.7 Å². The van der Waals surface area contributed by atoms with Gasteiger partial charge in [0.1, 0.15) is 10.8 Å². The number of thiazole rings is 1. The Kier molecular flexibility index (Phi) is 16.5. The van der Waals surface area contributed by atoms with E-state index in [4.69, 9.17) is 4.74 Å². The van der Waals surface area contributed by atoms with Crippen LogP contribution in [0.5, 0.6) is 5.75 Å². The number of likely N-dealkylation sites (tertiary alicyclic amines) is 1. The predicted molar refractivity (Wildman–Crippen MR) is 210 cm³/mol. The third-order valence-corrected chi connectivity index (χ3v) is 11.9. The summed E-state index contributed by atoms with van der Waals surface area (Å²) in [5, 5.41) is 4.25. The molecule has 9 nitrogen and oxygen atoms in total. The Balaban J connectivity index is 0.000000193. The molecule has 3 heterocycles. The van der Waals surface area contributed by atoms with E-state index in [9.17, 15) is 19.2 Å². The monoisotopic (exact) mass is 738 g/mol. The van der Waals surface area contributed by atoms with E-state index in [1.54, 1.807) is 43.6 Å². The number of hydrogen-bond donors (Lipinski definition) is 2. The van der Waals surface area contributed by atoms with Crippen LogP contribution in [0.15, 0.2) is 34.4 Å². The predicted octanol–water partition coefficient (Wildman–Crippen LogP) is 9.06. The van der Waals surface area contributed by atoms with Gasteiger partial charge in [-0.15, -0.1) is 11.3 Å². The number of unbranched alkanes of at least 4 members (excludes halogenated alkanes) is 4. The molecule has 11 heteroatoms. The van der Waals surface area contributed by atoms with Crippen LogP contribution in [0.25, 0.3) is 21.6 Å². The SMILES string of the molecule is CCCC1C[C@H]1CCCCCCCC(=O)N1CCC[C@H]1C(C)=O.COc1ccc2c(=O)cc(-c3nc(C(C)C)cs3)[nH]c2c1.O=CNSC1CC1. The highest BCUT2D eigenvalue weighted by atomic mass is 32.2. The number of fused-ring (bicyclic) bond motifs is 1. The zero-order valence-electron chi connectivity index (χ0n) is 31.2. The topological polar surface area (TPSA) is 121 Å². The first-order chi connectivity index (χ1) is 24.6. The zero-order chi connectivity index (χ0) is 36.8. The lowest BCUT2D eigenvalue weighted by molar-refractivity contribution is -0.137. The summed E-state index contributed by atoms with van der Waals surface area (Å²) in [5.74, 6) is 3.53. The van der Waals surface area contributed by atoms with Gasteiger partial charge in [-0.25, -0.2) is 4.98 Å². The molecule has 1 saturated heterocycles. The van der Waals surface area contributed by atoms with E-state index < -0.39 is 0 Å². The molecule has 2 amide bonds. The van der Waals surface area contributed by atoms with Crippen molar-refractivity contribution in [2.75, 3.05) is 13.7 Å². The van der Waals surface area contributed by atoms with Gasteiger partial charge >= 0.3 is 0 Å². The molecule has 1 unspecified atom stereocenters. The van der Waals surface area contributed by atoms with Crippen LogP contribution in [-0.4, -0.2) is 57.9 Å². The summed E-state index contributed by atoms with van der Waals surface area (Å²) in [6, 6.07) is 6.88. The smallest absolute Gasteiger partial charge is 0.223 e. The highest BCUT2D eigenvalue weighted by Crippen LogP contribution is 2.45. The number of Topliss-reactive ketones (excluding diaryl/α,β-unsaturated/α-hetero) is 1. The molecule has 3 aromatic rings. The second-order valence-electron chi connectivity index (χ2n) is 14.5. The number of benzene rings is 1. The van der Waals surface area contributed by atoms with E-state index in [1.807, 2.05) is 16.3 Å². The van der Waals surface area contributed by atoms with Gasteiger partial charge in [0.25, 0.3) is 0 Å². The fourth-order valence-corrected chi connectivity index (χ4v) is 8.26. The average molecular weight is 739 g/mol. The van der Waals surface area contributed by atoms with Crippen molar-refractivity contribution in [3.8, 4) is 16.5 Å². The number of methoxy groups -OCH3 is 1. The summed E-state index contributed by atoms with van der Waals surface area (Å²) in [4.78, 5) is 55.3. The van der Waals surface area contributed by atoms with Gasteiger partial charge in [-0.2, -0.15) is 0 Å². The molecule has 2 aliphatic carbocycles. The van der Waals surface area contributed by atoms with E-state index in [0.717, 1.165) is 83.4 Å². The first kappa shape index (κ1) is 40.6. The molecule has 6 rings (SSSR count). The number of aromatic nitrogens is 2. The van der Waals surface area contributed by atoms with Gasteiger partial charge in [0.15, 0.2) is 11.2 Å². The second-order valence-corrected chi connectivity index (χ2v) is 16.4. The first-order valence-electron chi connectivity index (χ1n) is 19.0. The number of aromatic amines is 1. The van der Waals surface area contributed by atoms with Crippen molar-refractivity contribution in [1.82, 2.24) is 19.6 Å². The normalized spacial score (nSPS) is 19.2. The lowest BCUT2D eigenvalue weighted by Crippen LogP contribution is -2.39. The van der Waals surface area contributed by atoms with Gasteiger partial charge in [-0.3, -0.25) is 19.2 Å². The number of nitrogens with one attached hydrogen (secondary N) is 2. The summed E-state index contributed by atoms with van der Waals surface area (Å²) in [6.07, 6.45) is 17.5. The molecule has 1 aromatic carbocycles. The van der Waals surface area contributed by atoms with Crippen molar-refractivity contribution in [2.24, 2.45) is 11.8 Å². The third kappa shape index (κ3) is 13.1. The van der Waals surface area contributed by atoms with Gasteiger partial charge in [0.05, 0.1) is 30.1 Å². The maximum Gasteiger partial charge on any atom is 0.223 e. The molecule has 3 fully saturated rings. The quantitative estimate of drug-likeness (QED) is 0.0805. The van der Waals surface area contributed by atoms with Crippen molar-refractivity contribution in [2.45, 2.75) is 135 Å². The summed E-state index contributed by atoms with van der Waals surface area (Å²) in [7, 11) is 1.61. The Hall–Kier alpha value is -3.18. The minimum atomic E-state index is -0.128. The van der Waals surface area contributed by atoms with Gasteiger partial charge in [0, 0.05) is 41.1 Å². The Labute approximate surface area is 312 Å². The number of amides is 2. The molecule has 0 spiro atoms. The number of pyridine rings is 1. The zero-order valence-corrected chi connectivity index (χ0v) is 32.8. The van der Waals surface area contributed by atoms with Gasteiger partial charge in [-0.05, 0) is 87.3 Å². The minimum absolute atomic E-state index is 0.0114. The summed E-state index contributed by atoms with van der Waals surface area (Å²) in [5.41, 5.74) is 2.54. The number of hydrogen-bond acceptors (Lipinski definition) is 8. The van der Waals surface area contributed by atoms with E-state index in [1.165, 1.54) is 69.7 Å². The Morgan fingerprint density at radius 2 is 1.84 bits per heavy atom.